The molecule has 0 bridgehead atoms. The predicted molar refractivity (Wildman–Crippen MR) is 146 cm³/mol. The van der Waals surface area contributed by atoms with Crippen molar-refractivity contribution in [2.75, 3.05) is 18.0 Å². The maximum atomic E-state index is 13.7. The van der Waals surface area contributed by atoms with Gasteiger partial charge in [-0.05, 0) is 55.5 Å². The number of carbonyl (C=O) groups excluding carboxylic acids is 1. The smallest absolute Gasteiger partial charge is 0.343 e. The number of aromatic nitrogens is 1. The van der Waals surface area contributed by atoms with Crippen molar-refractivity contribution in [1.82, 2.24) is 4.98 Å². The third-order valence-corrected chi connectivity index (χ3v) is 7.85. The molecule has 7 nitrogen and oxygen atoms in total. The van der Waals surface area contributed by atoms with E-state index < -0.39 is 16.0 Å². The molecule has 0 N–H and O–H groups in total. The standard InChI is InChI=1S/C27H22Cl2N2O5S/c1-4-14-31(23-10-5-6-11-24(23)35-3)37(33,34)19-9-7-8-18(15-19)27(32)36-26-22(29)16-21(28)20-13-12-17(2)30-25(20)26/h4-13,15-16H,1,14H2,2-3H3. The first kappa shape index (κ1) is 26.5. The highest BCUT2D eigenvalue weighted by Gasteiger charge is 2.27. The molecule has 3 aromatic carbocycles. The van der Waals surface area contributed by atoms with Crippen LogP contribution in [0.15, 0.2) is 84.3 Å². The Morgan fingerprint density at radius 3 is 2.54 bits per heavy atom. The van der Waals surface area contributed by atoms with Gasteiger partial charge in [0.2, 0.25) is 0 Å². The second-order valence-electron chi connectivity index (χ2n) is 7.93. The van der Waals surface area contributed by atoms with Gasteiger partial charge >= 0.3 is 5.97 Å². The van der Waals surface area contributed by atoms with Gasteiger partial charge in [-0.25, -0.2) is 18.2 Å². The number of sulfonamides is 1. The van der Waals surface area contributed by atoms with Crippen LogP contribution in [0.3, 0.4) is 0 Å². The fourth-order valence-corrected chi connectivity index (χ4v) is 5.78. The van der Waals surface area contributed by atoms with Crippen molar-refractivity contribution in [2.24, 2.45) is 0 Å². The Morgan fingerprint density at radius 1 is 1.05 bits per heavy atom. The zero-order valence-electron chi connectivity index (χ0n) is 19.9. The quantitative estimate of drug-likeness (QED) is 0.140. The molecule has 0 aliphatic heterocycles. The fourth-order valence-electron chi connectivity index (χ4n) is 3.73. The Labute approximate surface area is 224 Å². The number of methoxy groups -OCH3 is 1. The van der Waals surface area contributed by atoms with Gasteiger partial charge in [-0.1, -0.05) is 47.5 Å². The summed E-state index contributed by atoms with van der Waals surface area (Å²) in [5.74, 6) is -0.403. The maximum absolute atomic E-state index is 13.7. The van der Waals surface area contributed by atoms with Crippen LogP contribution in [0.2, 0.25) is 10.0 Å². The van der Waals surface area contributed by atoms with Crippen molar-refractivity contribution in [1.29, 1.82) is 0 Å². The van der Waals surface area contributed by atoms with E-state index in [-0.39, 0.29) is 27.8 Å². The summed E-state index contributed by atoms with van der Waals surface area (Å²) in [6.07, 6.45) is 1.46. The summed E-state index contributed by atoms with van der Waals surface area (Å²) in [5, 5.41) is 1.02. The van der Waals surface area contributed by atoms with E-state index in [1.54, 1.807) is 43.3 Å². The molecular weight excluding hydrogens is 535 g/mol. The number of ether oxygens (including phenoxy) is 2. The van der Waals surface area contributed by atoms with Crippen molar-refractivity contribution >= 4 is 55.8 Å². The summed E-state index contributed by atoms with van der Waals surface area (Å²) < 4.78 is 39.4. The molecule has 4 rings (SSSR count). The molecule has 1 aromatic heterocycles. The molecule has 37 heavy (non-hydrogen) atoms. The normalized spacial score (nSPS) is 11.2. The number of nitrogens with zero attached hydrogens (tertiary/aromatic N) is 2. The van der Waals surface area contributed by atoms with Crippen molar-refractivity contribution in [3.05, 3.63) is 101 Å². The van der Waals surface area contributed by atoms with Gasteiger partial charge in [0, 0.05) is 11.1 Å². The molecule has 0 radical (unpaired) electrons. The molecule has 1 heterocycles. The molecule has 0 aliphatic carbocycles. The summed E-state index contributed by atoms with van der Waals surface area (Å²) in [4.78, 5) is 17.4. The molecule has 0 saturated carbocycles. The monoisotopic (exact) mass is 556 g/mol. The molecule has 4 aromatic rings. The summed E-state index contributed by atoms with van der Waals surface area (Å²) in [5.41, 5.74) is 1.34. The van der Waals surface area contributed by atoms with E-state index in [4.69, 9.17) is 32.7 Å². The van der Waals surface area contributed by atoms with Crippen molar-refractivity contribution < 1.29 is 22.7 Å². The number of pyridine rings is 1. The molecule has 0 fully saturated rings. The molecule has 0 amide bonds. The summed E-state index contributed by atoms with van der Waals surface area (Å²) in [6, 6.07) is 17.3. The molecule has 190 valence electrons. The fraction of sp³-hybridized carbons (Fsp3) is 0.111. The van der Waals surface area contributed by atoms with Gasteiger partial charge in [0.15, 0.2) is 5.75 Å². The Balaban J connectivity index is 1.73. The number of halogens is 2. The highest BCUT2D eigenvalue weighted by Crippen LogP contribution is 2.38. The average molecular weight is 557 g/mol. The number of fused-ring (bicyclic) bond motifs is 1. The lowest BCUT2D eigenvalue weighted by Gasteiger charge is -2.25. The van der Waals surface area contributed by atoms with Gasteiger partial charge in [-0.15, -0.1) is 6.58 Å². The first-order valence-corrected chi connectivity index (χ1v) is 13.2. The zero-order chi connectivity index (χ0) is 26.7. The van der Waals surface area contributed by atoms with E-state index in [1.807, 2.05) is 0 Å². The summed E-state index contributed by atoms with van der Waals surface area (Å²) >= 11 is 12.6. The highest BCUT2D eigenvalue weighted by atomic mass is 35.5. The van der Waals surface area contributed by atoms with Crippen LogP contribution in [0, 0.1) is 6.92 Å². The Bertz CT molecular complexity index is 1620. The third-order valence-electron chi connectivity index (χ3n) is 5.48. The SMILES string of the molecule is C=CCN(c1ccccc1OC)S(=O)(=O)c1cccc(C(=O)Oc2c(Cl)cc(Cl)c3ccc(C)nc23)c1. The van der Waals surface area contributed by atoms with Crippen LogP contribution in [0.25, 0.3) is 10.9 Å². The minimum Gasteiger partial charge on any atom is -0.495 e. The third kappa shape index (κ3) is 5.27. The molecular formula is C27H22Cl2N2O5S. The molecule has 0 saturated heterocycles. The van der Waals surface area contributed by atoms with Gasteiger partial charge in [0.25, 0.3) is 10.0 Å². The van der Waals surface area contributed by atoms with Gasteiger partial charge in [0.05, 0.1) is 39.8 Å². The summed E-state index contributed by atoms with van der Waals surface area (Å²) in [7, 11) is -2.66. The topological polar surface area (TPSA) is 85.8 Å². The number of aryl methyl sites for hydroxylation is 1. The first-order valence-electron chi connectivity index (χ1n) is 11.0. The van der Waals surface area contributed by atoms with E-state index in [0.29, 0.717) is 33.1 Å². The molecule has 0 aliphatic rings. The van der Waals surface area contributed by atoms with Gasteiger partial charge in [0.1, 0.15) is 11.3 Å². The molecule has 0 unspecified atom stereocenters. The highest BCUT2D eigenvalue weighted by molar-refractivity contribution is 7.92. The van der Waals surface area contributed by atoms with E-state index in [0.717, 1.165) is 4.31 Å². The van der Waals surface area contributed by atoms with E-state index in [2.05, 4.69) is 11.6 Å². The summed E-state index contributed by atoms with van der Waals surface area (Å²) in [6.45, 7) is 5.44. The lowest BCUT2D eigenvalue weighted by Crippen LogP contribution is -2.31. The van der Waals surface area contributed by atoms with Gasteiger partial charge in [-0.2, -0.15) is 0 Å². The number of hydrogen-bond donors (Lipinski definition) is 0. The molecule has 10 heteroatoms. The first-order chi connectivity index (χ1) is 17.7. The van der Waals surface area contributed by atoms with Gasteiger partial charge < -0.3 is 9.47 Å². The van der Waals surface area contributed by atoms with Crippen molar-refractivity contribution in [2.45, 2.75) is 11.8 Å². The van der Waals surface area contributed by atoms with E-state index in [9.17, 15) is 13.2 Å². The second kappa shape index (κ2) is 10.8. The Kier molecular flexibility index (Phi) is 7.73. The number of carbonyl (C=O) groups is 1. The van der Waals surface area contributed by atoms with Crippen LogP contribution in [-0.4, -0.2) is 33.0 Å². The zero-order valence-corrected chi connectivity index (χ0v) is 22.3. The van der Waals surface area contributed by atoms with Crippen LogP contribution < -0.4 is 13.8 Å². The Hall–Kier alpha value is -3.59. The lowest BCUT2D eigenvalue weighted by molar-refractivity contribution is 0.0736. The predicted octanol–water partition coefficient (Wildman–Crippen LogP) is 6.46. The minimum atomic E-state index is -4.11. The van der Waals surface area contributed by atoms with Crippen LogP contribution in [-0.2, 0) is 10.0 Å². The van der Waals surface area contributed by atoms with Gasteiger partial charge in [-0.3, -0.25) is 4.31 Å². The minimum absolute atomic E-state index is 0.00599. The van der Waals surface area contributed by atoms with Crippen LogP contribution in [0.4, 0.5) is 5.69 Å². The number of anilines is 1. The average Bonchev–Trinajstić information content (AvgIpc) is 2.89. The largest absolute Gasteiger partial charge is 0.495 e. The number of rotatable bonds is 8. The van der Waals surface area contributed by atoms with Crippen LogP contribution in [0.5, 0.6) is 11.5 Å². The molecule has 0 atom stereocenters. The van der Waals surface area contributed by atoms with E-state index >= 15 is 0 Å². The van der Waals surface area contributed by atoms with Crippen LogP contribution in [0.1, 0.15) is 16.1 Å². The van der Waals surface area contributed by atoms with Crippen LogP contribution >= 0.6 is 23.2 Å². The Morgan fingerprint density at radius 2 is 1.81 bits per heavy atom. The number of benzene rings is 3. The number of esters is 1. The van der Waals surface area contributed by atoms with Crippen molar-refractivity contribution in [3.8, 4) is 11.5 Å². The second-order valence-corrected chi connectivity index (χ2v) is 10.6. The number of para-hydroxylation sites is 2. The van der Waals surface area contributed by atoms with E-state index in [1.165, 1.54) is 43.5 Å². The number of hydrogen-bond acceptors (Lipinski definition) is 6. The lowest BCUT2D eigenvalue weighted by atomic mass is 10.2. The molecule has 0 spiro atoms. The van der Waals surface area contributed by atoms with Crippen molar-refractivity contribution in [3.63, 3.8) is 0 Å². The maximum Gasteiger partial charge on any atom is 0.343 e.